The van der Waals surface area contributed by atoms with Gasteiger partial charge in [0.05, 0.1) is 12.1 Å². The summed E-state index contributed by atoms with van der Waals surface area (Å²) in [6, 6.07) is 17.8. The highest BCUT2D eigenvalue weighted by atomic mass is 32.1. The number of aromatic nitrogens is 3. The first-order chi connectivity index (χ1) is 17.0. The SMILES string of the molecule is O=C(c1cc2ccccc2[nH]1)N1CCN(Cc2nc3cc(-c4ccc(F)cc4)sc3c(=O)[nH]2)CC1. The van der Waals surface area contributed by atoms with E-state index < -0.39 is 0 Å². The maximum atomic E-state index is 13.3. The van der Waals surface area contributed by atoms with E-state index in [1.54, 1.807) is 12.1 Å². The van der Waals surface area contributed by atoms with Crippen LogP contribution in [0.3, 0.4) is 0 Å². The van der Waals surface area contributed by atoms with Crippen LogP contribution in [0.2, 0.25) is 0 Å². The van der Waals surface area contributed by atoms with Gasteiger partial charge < -0.3 is 14.9 Å². The smallest absolute Gasteiger partial charge is 0.270 e. The Balaban J connectivity index is 1.14. The topological polar surface area (TPSA) is 85.1 Å². The molecule has 176 valence electrons. The van der Waals surface area contributed by atoms with Gasteiger partial charge in [0.25, 0.3) is 11.5 Å². The minimum Gasteiger partial charge on any atom is -0.351 e. The van der Waals surface area contributed by atoms with Gasteiger partial charge in [-0.25, -0.2) is 9.37 Å². The zero-order chi connectivity index (χ0) is 23.9. The number of benzene rings is 2. The number of H-pyrrole nitrogens is 2. The van der Waals surface area contributed by atoms with Crippen molar-refractivity contribution >= 4 is 38.4 Å². The molecule has 3 aromatic heterocycles. The number of amides is 1. The molecule has 0 saturated carbocycles. The van der Waals surface area contributed by atoms with Gasteiger partial charge >= 0.3 is 0 Å². The molecule has 0 radical (unpaired) electrons. The Bertz CT molecular complexity index is 1560. The molecule has 0 bridgehead atoms. The second-order valence-electron chi connectivity index (χ2n) is 8.68. The van der Waals surface area contributed by atoms with E-state index in [9.17, 15) is 14.0 Å². The van der Waals surface area contributed by atoms with Crippen LogP contribution in [-0.2, 0) is 6.54 Å². The summed E-state index contributed by atoms with van der Waals surface area (Å²) in [5.74, 6) is 0.304. The van der Waals surface area contributed by atoms with Crippen LogP contribution in [0, 0.1) is 5.82 Å². The average molecular weight is 488 g/mol. The van der Waals surface area contributed by atoms with E-state index in [0.717, 1.165) is 21.3 Å². The number of nitrogens with zero attached hydrogens (tertiary/aromatic N) is 3. The third kappa shape index (κ3) is 4.24. The molecule has 1 saturated heterocycles. The highest BCUT2D eigenvalue weighted by molar-refractivity contribution is 7.22. The maximum absolute atomic E-state index is 13.3. The van der Waals surface area contributed by atoms with E-state index in [1.165, 1.54) is 23.5 Å². The van der Waals surface area contributed by atoms with Crippen molar-refractivity contribution in [3.05, 3.63) is 88.4 Å². The summed E-state index contributed by atoms with van der Waals surface area (Å²) < 4.78 is 13.8. The monoisotopic (exact) mass is 487 g/mol. The van der Waals surface area contributed by atoms with Crippen LogP contribution in [0.15, 0.2) is 65.5 Å². The molecule has 0 unspecified atom stereocenters. The van der Waals surface area contributed by atoms with Gasteiger partial charge in [-0.05, 0) is 35.9 Å². The molecule has 0 atom stereocenters. The Morgan fingerprint density at radius 2 is 1.77 bits per heavy atom. The lowest BCUT2D eigenvalue weighted by molar-refractivity contribution is 0.0620. The van der Waals surface area contributed by atoms with Crippen molar-refractivity contribution in [1.82, 2.24) is 24.8 Å². The number of rotatable bonds is 4. The lowest BCUT2D eigenvalue weighted by atomic mass is 10.2. The number of hydrogen-bond donors (Lipinski definition) is 2. The molecular weight excluding hydrogens is 465 g/mol. The predicted octanol–water partition coefficient (Wildman–Crippen LogP) is 4.23. The highest BCUT2D eigenvalue weighted by Gasteiger charge is 2.24. The average Bonchev–Trinajstić information content (AvgIpc) is 3.49. The van der Waals surface area contributed by atoms with E-state index in [2.05, 4.69) is 19.9 Å². The van der Waals surface area contributed by atoms with E-state index >= 15 is 0 Å². The fourth-order valence-electron chi connectivity index (χ4n) is 4.50. The number of carbonyl (C=O) groups is 1. The van der Waals surface area contributed by atoms with Gasteiger partial charge in [-0.1, -0.05) is 30.3 Å². The summed E-state index contributed by atoms with van der Waals surface area (Å²) >= 11 is 1.35. The first-order valence-corrected chi connectivity index (χ1v) is 12.2. The zero-order valence-electron chi connectivity index (χ0n) is 18.8. The summed E-state index contributed by atoms with van der Waals surface area (Å²) in [7, 11) is 0. The van der Waals surface area contributed by atoms with Gasteiger partial charge in [-0.15, -0.1) is 11.3 Å². The van der Waals surface area contributed by atoms with Crippen molar-refractivity contribution in [3.8, 4) is 10.4 Å². The summed E-state index contributed by atoms with van der Waals surface area (Å²) in [6.45, 7) is 3.10. The number of carbonyl (C=O) groups excluding carboxylic acids is 1. The van der Waals surface area contributed by atoms with Crippen LogP contribution in [0.4, 0.5) is 4.39 Å². The summed E-state index contributed by atoms with van der Waals surface area (Å²) in [5, 5.41) is 1.02. The molecule has 1 fully saturated rings. The highest BCUT2D eigenvalue weighted by Crippen LogP contribution is 2.31. The van der Waals surface area contributed by atoms with Crippen LogP contribution in [0.5, 0.6) is 0 Å². The second kappa shape index (κ2) is 8.75. The number of para-hydroxylation sites is 1. The number of nitrogens with one attached hydrogen (secondary N) is 2. The molecule has 2 N–H and O–H groups in total. The zero-order valence-corrected chi connectivity index (χ0v) is 19.6. The number of fused-ring (bicyclic) bond motifs is 2. The van der Waals surface area contributed by atoms with Gasteiger partial charge in [0, 0.05) is 42.0 Å². The first kappa shape index (κ1) is 21.7. The number of aromatic amines is 2. The summed E-state index contributed by atoms with van der Waals surface area (Å²) in [5.41, 5.74) is 2.88. The Kier molecular flexibility index (Phi) is 5.43. The Morgan fingerprint density at radius 3 is 2.54 bits per heavy atom. The molecule has 6 rings (SSSR count). The third-order valence-corrected chi connectivity index (χ3v) is 7.53. The molecule has 5 aromatic rings. The van der Waals surface area contributed by atoms with E-state index in [1.807, 2.05) is 41.3 Å². The predicted molar refractivity (Wildman–Crippen MR) is 135 cm³/mol. The molecule has 1 aliphatic rings. The maximum Gasteiger partial charge on any atom is 0.270 e. The molecular formula is C26H22FN5O2S. The van der Waals surface area contributed by atoms with Crippen LogP contribution in [0.25, 0.3) is 31.6 Å². The Morgan fingerprint density at radius 1 is 1.00 bits per heavy atom. The van der Waals surface area contributed by atoms with Gasteiger partial charge in [0.15, 0.2) is 0 Å². The quantitative estimate of drug-likeness (QED) is 0.397. The van der Waals surface area contributed by atoms with Crippen molar-refractivity contribution in [1.29, 1.82) is 0 Å². The number of hydrogen-bond acceptors (Lipinski definition) is 5. The molecule has 2 aromatic carbocycles. The standard InChI is InChI=1S/C26H22FN5O2S/c27-18-7-5-16(6-8-18)22-14-20-24(35-22)25(33)30-23(29-20)15-31-9-11-32(12-10-31)26(34)21-13-17-3-1-2-4-19(17)28-21/h1-8,13-14,28H,9-12,15H2,(H,29,30,33). The lowest BCUT2D eigenvalue weighted by Crippen LogP contribution is -2.48. The molecule has 0 spiro atoms. The fourth-order valence-corrected chi connectivity index (χ4v) is 5.50. The minimum atomic E-state index is -0.295. The van der Waals surface area contributed by atoms with Crippen molar-refractivity contribution in [2.24, 2.45) is 0 Å². The van der Waals surface area contributed by atoms with Gasteiger partial charge in [0.1, 0.15) is 22.0 Å². The molecule has 1 aliphatic heterocycles. The Labute approximate surface area is 203 Å². The molecule has 4 heterocycles. The van der Waals surface area contributed by atoms with E-state index in [-0.39, 0.29) is 17.3 Å². The van der Waals surface area contributed by atoms with Crippen LogP contribution in [-0.4, -0.2) is 56.8 Å². The van der Waals surface area contributed by atoms with Crippen molar-refractivity contribution < 1.29 is 9.18 Å². The first-order valence-electron chi connectivity index (χ1n) is 11.4. The van der Waals surface area contributed by atoms with E-state index in [4.69, 9.17) is 0 Å². The lowest BCUT2D eigenvalue weighted by Gasteiger charge is -2.34. The largest absolute Gasteiger partial charge is 0.351 e. The van der Waals surface area contributed by atoms with Gasteiger partial charge in [0.2, 0.25) is 0 Å². The van der Waals surface area contributed by atoms with Gasteiger partial charge in [-0.3, -0.25) is 14.5 Å². The molecule has 35 heavy (non-hydrogen) atoms. The van der Waals surface area contributed by atoms with Crippen LogP contribution >= 0.6 is 11.3 Å². The number of piperazine rings is 1. The molecule has 7 nitrogen and oxygen atoms in total. The third-order valence-electron chi connectivity index (χ3n) is 6.35. The van der Waals surface area contributed by atoms with Crippen molar-refractivity contribution in [2.75, 3.05) is 26.2 Å². The number of thiophene rings is 1. The molecule has 9 heteroatoms. The van der Waals surface area contributed by atoms with Crippen molar-refractivity contribution in [3.63, 3.8) is 0 Å². The molecule has 0 aliphatic carbocycles. The van der Waals surface area contributed by atoms with Gasteiger partial charge in [-0.2, -0.15) is 0 Å². The van der Waals surface area contributed by atoms with Crippen molar-refractivity contribution in [2.45, 2.75) is 6.54 Å². The number of halogens is 1. The van der Waals surface area contributed by atoms with Crippen LogP contribution in [0.1, 0.15) is 16.3 Å². The minimum absolute atomic E-state index is 0.000368. The van der Waals surface area contributed by atoms with Crippen LogP contribution < -0.4 is 5.56 Å². The fraction of sp³-hybridized carbons (Fsp3) is 0.192. The molecule has 1 amide bonds. The van der Waals surface area contributed by atoms with E-state index in [0.29, 0.717) is 54.5 Å². The second-order valence-corrected chi connectivity index (χ2v) is 9.74. The summed E-state index contributed by atoms with van der Waals surface area (Å²) in [4.78, 5) is 41.4. The summed E-state index contributed by atoms with van der Waals surface area (Å²) in [6.07, 6.45) is 0. The Hall–Kier alpha value is -3.82. The normalized spacial score (nSPS) is 14.7.